The minimum Gasteiger partial charge on any atom is -0.478 e. The van der Waals surface area contributed by atoms with Crippen molar-refractivity contribution in [3.8, 4) is 0 Å². The quantitative estimate of drug-likeness (QED) is 0.692. The molecule has 0 spiro atoms. The summed E-state index contributed by atoms with van der Waals surface area (Å²) in [7, 11) is 0. The number of rotatable bonds is 7. The molecule has 0 radical (unpaired) electrons. The molecule has 19 heavy (non-hydrogen) atoms. The van der Waals surface area contributed by atoms with Gasteiger partial charge in [0.1, 0.15) is 0 Å². The van der Waals surface area contributed by atoms with Crippen LogP contribution in [-0.4, -0.2) is 28.8 Å². The highest BCUT2D eigenvalue weighted by Crippen LogP contribution is 2.40. The second-order valence-corrected chi connectivity index (χ2v) is 6.33. The van der Waals surface area contributed by atoms with Gasteiger partial charge < -0.3 is 5.11 Å². The minimum atomic E-state index is -4.44. The monoisotopic (exact) mass is 314 g/mol. The van der Waals surface area contributed by atoms with Gasteiger partial charge in [-0.2, -0.15) is 13.2 Å². The fourth-order valence-electron chi connectivity index (χ4n) is 1.14. The van der Waals surface area contributed by atoms with Crippen molar-refractivity contribution < 1.29 is 23.1 Å². The summed E-state index contributed by atoms with van der Waals surface area (Å²) in [6.07, 6.45) is -3.73. The number of hydrogen-bond acceptors (Lipinski definition) is 3. The van der Waals surface area contributed by atoms with Crippen molar-refractivity contribution in [1.29, 1.82) is 0 Å². The standard InChI is InChI=1S/C12H17F3O2S2/c1-4-18-11(19-5-2)9(12(13,14)15)7-6-8(3)10(16)17/h6H,4-5,7H2,1-3H3,(H,16,17)/b8-6+. The largest absolute Gasteiger partial charge is 0.478 e. The molecule has 0 aliphatic heterocycles. The zero-order chi connectivity index (χ0) is 15.1. The number of carbonyl (C=O) groups is 1. The zero-order valence-electron chi connectivity index (χ0n) is 11.0. The van der Waals surface area contributed by atoms with E-state index in [1.807, 2.05) is 0 Å². The van der Waals surface area contributed by atoms with Gasteiger partial charge in [0.25, 0.3) is 0 Å². The lowest BCUT2D eigenvalue weighted by atomic mass is 10.1. The molecule has 0 aromatic carbocycles. The lowest BCUT2D eigenvalue weighted by molar-refractivity contribution is -0.132. The van der Waals surface area contributed by atoms with Crippen molar-refractivity contribution in [3.63, 3.8) is 0 Å². The third-order valence-corrected chi connectivity index (χ3v) is 4.39. The van der Waals surface area contributed by atoms with Gasteiger partial charge in [0.2, 0.25) is 0 Å². The topological polar surface area (TPSA) is 37.3 Å². The summed E-state index contributed by atoms with van der Waals surface area (Å²) in [4.78, 5) is 10.6. The molecule has 0 bridgehead atoms. The maximum atomic E-state index is 13.0. The number of hydrogen-bond donors (Lipinski definition) is 1. The van der Waals surface area contributed by atoms with Gasteiger partial charge in [0, 0.05) is 9.81 Å². The van der Waals surface area contributed by atoms with Crippen LogP contribution in [0.4, 0.5) is 13.2 Å². The molecule has 1 N–H and O–H groups in total. The molecule has 0 aromatic rings. The SMILES string of the molecule is CCSC(SCC)=C(C/C=C(\C)C(=O)O)C(F)(F)F. The van der Waals surface area contributed by atoms with E-state index < -0.39 is 24.1 Å². The van der Waals surface area contributed by atoms with Gasteiger partial charge in [0.15, 0.2) is 0 Å². The minimum absolute atomic E-state index is 0.0795. The number of halogens is 3. The van der Waals surface area contributed by atoms with E-state index >= 15 is 0 Å². The van der Waals surface area contributed by atoms with Crippen LogP contribution < -0.4 is 0 Å². The molecule has 2 nitrogen and oxygen atoms in total. The number of aliphatic carboxylic acids is 1. The maximum Gasteiger partial charge on any atom is 0.414 e. The van der Waals surface area contributed by atoms with Crippen molar-refractivity contribution in [2.24, 2.45) is 0 Å². The normalized spacial score (nSPS) is 12.4. The van der Waals surface area contributed by atoms with Crippen LogP contribution in [0.25, 0.3) is 0 Å². The van der Waals surface area contributed by atoms with Crippen LogP contribution in [0.1, 0.15) is 27.2 Å². The smallest absolute Gasteiger partial charge is 0.414 e. The molecule has 110 valence electrons. The Labute approximate surface area is 119 Å². The Morgan fingerprint density at radius 1 is 1.21 bits per heavy atom. The fraction of sp³-hybridized carbons (Fsp3) is 0.583. The summed E-state index contributed by atoms with van der Waals surface area (Å²) in [5.74, 6) is -0.109. The van der Waals surface area contributed by atoms with Gasteiger partial charge in [-0.15, -0.1) is 23.5 Å². The van der Waals surface area contributed by atoms with Crippen LogP contribution >= 0.6 is 23.5 Å². The van der Waals surface area contributed by atoms with Crippen LogP contribution in [0.3, 0.4) is 0 Å². The number of carboxylic acids is 1. The summed E-state index contributed by atoms with van der Waals surface area (Å²) in [5.41, 5.74) is -0.740. The molecule has 0 fully saturated rings. The predicted octanol–water partition coefficient (Wildman–Crippen LogP) is 4.69. The average Bonchev–Trinajstić information content (AvgIpc) is 2.27. The number of alkyl halides is 3. The molecule has 0 aliphatic rings. The Bertz CT molecular complexity index is 366. The van der Waals surface area contributed by atoms with Gasteiger partial charge in [-0.3, -0.25) is 0 Å². The molecule has 0 atom stereocenters. The molecule has 0 saturated heterocycles. The second kappa shape index (κ2) is 8.58. The zero-order valence-corrected chi connectivity index (χ0v) is 12.6. The van der Waals surface area contributed by atoms with E-state index in [-0.39, 0.29) is 9.81 Å². The van der Waals surface area contributed by atoms with E-state index in [0.29, 0.717) is 11.5 Å². The summed E-state index contributed by atoms with van der Waals surface area (Å²) in [6, 6.07) is 0. The highest BCUT2D eigenvalue weighted by Gasteiger charge is 2.35. The molecule has 0 rings (SSSR count). The van der Waals surface area contributed by atoms with E-state index in [4.69, 9.17) is 5.11 Å². The van der Waals surface area contributed by atoms with E-state index in [2.05, 4.69) is 0 Å². The van der Waals surface area contributed by atoms with Crippen molar-refractivity contribution in [2.75, 3.05) is 11.5 Å². The van der Waals surface area contributed by atoms with Gasteiger partial charge in [-0.1, -0.05) is 19.9 Å². The summed E-state index contributed by atoms with van der Waals surface area (Å²) in [5, 5.41) is 8.67. The van der Waals surface area contributed by atoms with Crippen molar-refractivity contribution in [2.45, 2.75) is 33.4 Å². The Balaban J connectivity index is 5.35. The average molecular weight is 314 g/mol. The van der Waals surface area contributed by atoms with Crippen LogP contribution in [0.2, 0.25) is 0 Å². The number of carboxylic acid groups (broad SMARTS) is 1. The molecule has 0 aliphatic carbocycles. The van der Waals surface area contributed by atoms with Gasteiger partial charge in [0.05, 0.1) is 5.57 Å². The van der Waals surface area contributed by atoms with Gasteiger partial charge >= 0.3 is 12.1 Å². The molecule has 0 unspecified atom stereocenters. The Morgan fingerprint density at radius 2 is 1.68 bits per heavy atom. The Kier molecular flexibility index (Phi) is 8.33. The van der Waals surface area contributed by atoms with Crippen molar-refractivity contribution in [3.05, 3.63) is 21.5 Å². The first-order valence-corrected chi connectivity index (χ1v) is 7.67. The molecular formula is C12H17F3O2S2. The van der Waals surface area contributed by atoms with Gasteiger partial charge in [-0.05, 0) is 24.9 Å². The predicted molar refractivity (Wildman–Crippen MR) is 75.4 cm³/mol. The maximum absolute atomic E-state index is 13.0. The van der Waals surface area contributed by atoms with E-state index in [1.165, 1.54) is 6.92 Å². The summed E-state index contributed by atoms with van der Waals surface area (Å²) in [6.45, 7) is 4.86. The third-order valence-electron chi connectivity index (χ3n) is 2.09. The second-order valence-electron chi connectivity index (χ2n) is 3.53. The highest BCUT2D eigenvalue weighted by molar-refractivity contribution is 8.22. The number of allylic oxidation sites excluding steroid dienone is 2. The molecular weight excluding hydrogens is 297 g/mol. The van der Waals surface area contributed by atoms with Crippen LogP contribution in [0.5, 0.6) is 0 Å². The third kappa shape index (κ3) is 6.96. The number of thioether (sulfide) groups is 2. The van der Waals surface area contributed by atoms with E-state index in [0.717, 1.165) is 29.6 Å². The van der Waals surface area contributed by atoms with Crippen LogP contribution in [0.15, 0.2) is 21.5 Å². The fourth-order valence-corrected chi connectivity index (χ4v) is 3.45. The molecule has 0 amide bonds. The van der Waals surface area contributed by atoms with Gasteiger partial charge in [-0.25, -0.2) is 4.79 Å². The summed E-state index contributed by atoms with van der Waals surface area (Å²) < 4.78 is 39.3. The van der Waals surface area contributed by atoms with Crippen molar-refractivity contribution in [1.82, 2.24) is 0 Å². The van der Waals surface area contributed by atoms with Crippen molar-refractivity contribution >= 4 is 29.5 Å². The Hall–Kier alpha value is -0.560. The lowest BCUT2D eigenvalue weighted by Crippen LogP contribution is -2.13. The van der Waals surface area contributed by atoms with E-state index in [1.54, 1.807) is 13.8 Å². The first-order chi connectivity index (χ1) is 8.73. The molecule has 0 heterocycles. The van der Waals surface area contributed by atoms with E-state index in [9.17, 15) is 18.0 Å². The summed E-state index contributed by atoms with van der Waals surface area (Å²) >= 11 is 2.28. The van der Waals surface area contributed by atoms with Crippen LogP contribution in [-0.2, 0) is 4.79 Å². The first-order valence-electron chi connectivity index (χ1n) is 5.69. The molecule has 7 heteroatoms. The highest BCUT2D eigenvalue weighted by atomic mass is 32.2. The lowest BCUT2D eigenvalue weighted by Gasteiger charge is -2.15. The molecule has 0 saturated carbocycles. The van der Waals surface area contributed by atoms with Crippen LogP contribution in [0, 0.1) is 0 Å². The Morgan fingerprint density at radius 3 is 2.00 bits per heavy atom. The molecule has 0 aromatic heterocycles. The first kappa shape index (κ1) is 18.4.